The number of rotatable bonds is 3. The summed E-state index contributed by atoms with van der Waals surface area (Å²) in [7, 11) is 1.67. The molecule has 1 saturated carbocycles. The van der Waals surface area contributed by atoms with Crippen molar-refractivity contribution in [1.82, 2.24) is 0 Å². The SMILES string of the molecule is COc1ccc(NC2CCCC2C#N)c(C)c1. The van der Waals surface area contributed by atoms with Gasteiger partial charge in [-0.3, -0.25) is 0 Å². The molecule has 1 N–H and O–H groups in total. The fourth-order valence-corrected chi connectivity index (χ4v) is 2.41. The lowest BCUT2D eigenvalue weighted by atomic mass is 10.0. The Morgan fingerprint density at radius 1 is 1.41 bits per heavy atom. The highest BCUT2D eigenvalue weighted by Gasteiger charge is 2.27. The Labute approximate surface area is 102 Å². The predicted octanol–water partition coefficient (Wildman–Crippen LogP) is 3.11. The molecule has 0 heterocycles. The maximum atomic E-state index is 9.06. The van der Waals surface area contributed by atoms with E-state index in [0.717, 1.165) is 36.3 Å². The summed E-state index contributed by atoms with van der Waals surface area (Å²) in [5, 5.41) is 12.5. The first kappa shape index (κ1) is 11.8. The molecule has 1 aromatic rings. The second-order valence-electron chi connectivity index (χ2n) is 4.60. The first-order valence-electron chi connectivity index (χ1n) is 6.05. The highest BCUT2D eigenvalue weighted by atomic mass is 16.5. The minimum Gasteiger partial charge on any atom is -0.497 e. The number of nitriles is 1. The zero-order valence-corrected chi connectivity index (χ0v) is 10.4. The topological polar surface area (TPSA) is 45.0 Å². The van der Waals surface area contributed by atoms with E-state index in [1.807, 2.05) is 18.2 Å². The Morgan fingerprint density at radius 3 is 2.88 bits per heavy atom. The first-order valence-corrected chi connectivity index (χ1v) is 6.05. The Bertz CT molecular complexity index is 436. The molecule has 0 radical (unpaired) electrons. The molecule has 1 aromatic carbocycles. The molecule has 0 spiro atoms. The summed E-state index contributed by atoms with van der Waals surface area (Å²) in [6, 6.07) is 8.68. The molecule has 2 rings (SSSR count). The van der Waals surface area contributed by atoms with Gasteiger partial charge in [0.2, 0.25) is 0 Å². The second kappa shape index (κ2) is 5.09. The van der Waals surface area contributed by atoms with Gasteiger partial charge in [0.05, 0.1) is 19.1 Å². The summed E-state index contributed by atoms with van der Waals surface area (Å²) in [6.07, 6.45) is 3.25. The van der Waals surface area contributed by atoms with Crippen molar-refractivity contribution in [3.63, 3.8) is 0 Å². The molecule has 0 aliphatic heterocycles. The molecule has 0 bridgehead atoms. The highest BCUT2D eigenvalue weighted by Crippen LogP contribution is 2.30. The van der Waals surface area contributed by atoms with Crippen LogP contribution in [0.2, 0.25) is 0 Å². The summed E-state index contributed by atoms with van der Waals surface area (Å²) >= 11 is 0. The lowest BCUT2D eigenvalue weighted by Gasteiger charge is -2.19. The number of ether oxygens (including phenoxy) is 1. The molecular formula is C14H18N2O. The van der Waals surface area contributed by atoms with Crippen LogP contribution in [0.5, 0.6) is 5.75 Å². The van der Waals surface area contributed by atoms with E-state index >= 15 is 0 Å². The van der Waals surface area contributed by atoms with Gasteiger partial charge in [-0.2, -0.15) is 5.26 Å². The number of methoxy groups -OCH3 is 1. The summed E-state index contributed by atoms with van der Waals surface area (Å²) < 4.78 is 5.18. The van der Waals surface area contributed by atoms with Gasteiger partial charge in [0, 0.05) is 11.7 Å². The summed E-state index contributed by atoms with van der Waals surface area (Å²) in [5.41, 5.74) is 2.27. The van der Waals surface area contributed by atoms with Crippen molar-refractivity contribution in [3.05, 3.63) is 23.8 Å². The number of anilines is 1. The fourth-order valence-electron chi connectivity index (χ4n) is 2.41. The van der Waals surface area contributed by atoms with Crippen LogP contribution in [0.4, 0.5) is 5.69 Å². The molecule has 1 fully saturated rings. The van der Waals surface area contributed by atoms with Gasteiger partial charge in [0.1, 0.15) is 5.75 Å². The molecule has 0 amide bonds. The maximum absolute atomic E-state index is 9.06. The van der Waals surface area contributed by atoms with Crippen LogP contribution in [0.25, 0.3) is 0 Å². The van der Waals surface area contributed by atoms with Crippen molar-refractivity contribution in [1.29, 1.82) is 5.26 Å². The van der Waals surface area contributed by atoms with E-state index in [4.69, 9.17) is 10.00 Å². The average molecular weight is 230 g/mol. The first-order chi connectivity index (χ1) is 8.24. The predicted molar refractivity (Wildman–Crippen MR) is 68.1 cm³/mol. The fraction of sp³-hybridized carbons (Fsp3) is 0.500. The second-order valence-corrected chi connectivity index (χ2v) is 4.60. The average Bonchev–Trinajstić information content (AvgIpc) is 2.79. The molecule has 2 unspecified atom stereocenters. The maximum Gasteiger partial charge on any atom is 0.119 e. The smallest absolute Gasteiger partial charge is 0.119 e. The number of nitrogens with zero attached hydrogens (tertiary/aromatic N) is 1. The van der Waals surface area contributed by atoms with Gasteiger partial charge < -0.3 is 10.1 Å². The molecule has 2 atom stereocenters. The van der Waals surface area contributed by atoms with E-state index in [9.17, 15) is 0 Å². The van der Waals surface area contributed by atoms with Gasteiger partial charge in [-0.05, 0) is 49.9 Å². The summed E-state index contributed by atoms with van der Waals surface area (Å²) in [6.45, 7) is 2.06. The van der Waals surface area contributed by atoms with Crippen LogP contribution in [-0.4, -0.2) is 13.2 Å². The molecule has 90 valence electrons. The minimum atomic E-state index is 0.150. The van der Waals surface area contributed by atoms with E-state index in [1.165, 1.54) is 0 Å². The van der Waals surface area contributed by atoms with Crippen molar-refractivity contribution >= 4 is 5.69 Å². The number of aryl methyl sites for hydroxylation is 1. The molecular weight excluding hydrogens is 212 g/mol. The van der Waals surface area contributed by atoms with Gasteiger partial charge in [-0.15, -0.1) is 0 Å². The van der Waals surface area contributed by atoms with Crippen LogP contribution in [0.3, 0.4) is 0 Å². The molecule has 1 aliphatic rings. The molecule has 3 heteroatoms. The van der Waals surface area contributed by atoms with Crippen molar-refractivity contribution in [3.8, 4) is 11.8 Å². The van der Waals surface area contributed by atoms with Crippen LogP contribution in [0.15, 0.2) is 18.2 Å². The van der Waals surface area contributed by atoms with Gasteiger partial charge in [-0.1, -0.05) is 0 Å². The highest BCUT2D eigenvalue weighted by molar-refractivity contribution is 5.54. The Hall–Kier alpha value is -1.69. The molecule has 0 aromatic heterocycles. The number of nitrogens with one attached hydrogen (secondary N) is 1. The Balaban J connectivity index is 2.11. The van der Waals surface area contributed by atoms with E-state index in [0.29, 0.717) is 6.04 Å². The third kappa shape index (κ3) is 2.52. The zero-order valence-electron chi connectivity index (χ0n) is 10.4. The van der Waals surface area contributed by atoms with Crippen LogP contribution in [0, 0.1) is 24.2 Å². The van der Waals surface area contributed by atoms with E-state index in [1.54, 1.807) is 7.11 Å². The largest absolute Gasteiger partial charge is 0.497 e. The van der Waals surface area contributed by atoms with Gasteiger partial charge in [-0.25, -0.2) is 0 Å². The number of hydrogen-bond acceptors (Lipinski definition) is 3. The number of benzene rings is 1. The van der Waals surface area contributed by atoms with Crippen molar-refractivity contribution in [2.45, 2.75) is 32.2 Å². The lowest BCUT2D eigenvalue weighted by Crippen LogP contribution is -2.23. The van der Waals surface area contributed by atoms with Gasteiger partial charge in [0.25, 0.3) is 0 Å². The van der Waals surface area contributed by atoms with Crippen LogP contribution < -0.4 is 10.1 Å². The van der Waals surface area contributed by atoms with E-state index < -0.39 is 0 Å². The zero-order chi connectivity index (χ0) is 12.3. The molecule has 3 nitrogen and oxygen atoms in total. The van der Waals surface area contributed by atoms with Gasteiger partial charge >= 0.3 is 0 Å². The number of hydrogen-bond donors (Lipinski definition) is 1. The Kier molecular flexibility index (Phi) is 3.53. The van der Waals surface area contributed by atoms with Crippen molar-refractivity contribution in [2.75, 3.05) is 12.4 Å². The molecule has 17 heavy (non-hydrogen) atoms. The third-order valence-corrected chi connectivity index (χ3v) is 3.46. The van der Waals surface area contributed by atoms with Crippen LogP contribution >= 0.6 is 0 Å². The summed E-state index contributed by atoms with van der Waals surface area (Å²) in [5.74, 6) is 1.02. The Morgan fingerprint density at radius 2 is 2.24 bits per heavy atom. The summed E-state index contributed by atoms with van der Waals surface area (Å²) in [4.78, 5) is 0. The van der Waals surface area contributed by atoms with E-state index in [-0.39, 0.29) is 5.92 Å². The normalized spacial score (nSPS) is 23.1. The standard InChI is InChI=1S/C14H18N2O/c1-10-8-12(17-2)6-7-13(10)16-14-5-3-4-11(14)9-15/h6-8,11,14,16H,3-5H2,1-2H3. The minimum absolute atomic E-state index is 0.150. The monoisotopic (exact) mass is 230 g/mol. The van der Waals surface area contributed by atoms with Crippen molar-refractivity contribution < 1.29 is 4.74 Å². The third-order valence-electron chi connectivity index (χ3n) is 3.46. The van der Waals surface area contributed by atoms with Gasteiger partial charge in [0.15, 0.2) is 0 Å². The quantitative estimate of drug-likeness (QED) is 0.867. The lowest BCUT2D eigenvalue weighted by molar-refractivity contribution is 0.414. The van der Waals surface area contributed by atoms with E-state index in [2.05, 4.69) is 18.3 Å². The van der Waals surface area contributed by atoms with Crippen LogP contribution in [-0.2, 0) is 0 Å². The molecule has 1 aliphatic carbocycles. The molecule has 0 saturated heterocycles. The van der Waals surface area contributed by atoms with Crippen molar-refractivity contribution in [2.24, 2.45) is 5.92 Å². The van der Waals surface area contributed by atoms with Crippen LogP contribution in [0.1, 0.15) is 24.8 Å².